The first-order valence-electron chi connectivity index (χ1n) is 8.50. The van der Waals surface area contributed by atoms with Gasteiger partial charge in [-0.05, 0) is 54.4 Å². The van der Waals surface area contributed by atoms with Crippen LogP contribution >= 0.6 is 0 Å². The van der Waals surface area contributed by atoms with Crippen LogP contribution in [0.1, 0.15) is 26.7 Å². The van der Waals surface area contributed by atoms with Crippen molar-refractivity contribution in [2.75, 3.05) is 17.2 Å². The van der Waals surface area contributed by atoms with Crippen LogP contribution in [0.4, 0.5) is 15.8 Å². The van der Waals surface area contributed by atoms with E-state index in [4.69, 9.17) is 4.74 Å². The summed E-state index contributed by atoms with van der Waals surface area (Å²) >= 11 is 0. The number of benzene rings is 2. The molecular formula is C20H23FN2O3. The van der Waals surface area contributed by atoms with Gasteiger partial charge in [-0.15, -0.1) is 0 Å². The Labute approximate surface area is 152 Å². The normalized spacial score (nSPS) is 10.5. The van der Waals surface area contributed by atoms with Gasteiger partial charge in [0, 0.05) is 17.8 Å². The van der Waals surface area contributed by atoms with Crippen LogP contribution in [0.15, 0.2) is 48.5 Å². The van der Waals surface area contributed by atoms with Crippen LogP contribution in [-0.2, 0) is 9.59 Å². The van der Waals surface area contributed by atoms with Crippen molar-refractivity contribution in [2.45, 2.75) is 26.7 Å². The van der Waals surface area contributed by atoms with Gasteiger partial charge in [0.1, 0.15) is 11.6 Å². The molecule has 0 aliphatic heterocycles. The summed E-state index contributed by atoms with van der Waals surface area (Å²) < 4.78 is 18.2. The second-order valence-corrected chi connectivity index (χ2v) is 6.32. The van der Waals surface area contributed by atoms with Crippen molar-refractivity contribution >= 4 is 23.2 Å². The maximum atomic E-state index is 12.8. The highest BCUT2D eigenvalue weighted by Gasteiger charge is 2.06. The van der Waals surface area contributed by atoms with E-state index in [0.29, 0.717) is 29.5 Å². The van der Waals surface area contributed by atoms with Gasteiger partial charge in [0.05, 0.1) is 13.0 Å². The molecule has 138 valence electrons. The van der Waals surface area contributed by atoms with Gasteiger partial charge < -0.3 is 15.4 Å². The molecule has 2 aromatic carbocycles. The summed E-state index contributed by atoms with van der Waals surface area (Å²) in [5.74, 6) is 0.253. The van der Waals surface area contributed by atoms with Crippen LogP contribution in [0.25, 0.3) is 0 Å². The van der Waals surface area contributed by atoms with Crippen molar-refractivity contribution in [3.8, 4) is 5.75 Å². The smallest absolute Gasteiger partial charge is 0.227 e. The summed E-state index contributed by atoms with van der Waals surface area (Å²) in [4.78, 5) is 23.6. The number of nitrogens with one attached hydrogen (secondary N) is 2. The number of hydrogen-bond donors (Lipinski definition) is 2. The molecule has 0 fully saturated rings. The Bertz CT molecular complexity index is 728. The van der Waals surface area contributed by atoms with E-state index in [1.54, 1.807) is 24.3 Å². The van der Waals surface area contributed by atoms with E-state index in [1.807, 2.05) is 13.8 Å². The molecule has 0 bridgehead atoms. The zero-order chi connectivity index (χ0) is 18.9. The molecule has 0 aliphatic carbocycles. The summed E-state index contributed by atoms with van der Waals surface area (Å²) in [6.07, 6.45) is 0.636. The Morgan fingerprint density at radius 2 is 1.46 bits per heavy atom. The molecule has 0 aliphatic rings. The van der Waals surface area contributed by atoms with E-state index in [9.17, 15) is 14.0 Å². The van der Waals surface area contributed by atoms with Gasteiger partial charge in [-0.2, -0.15) is 0 Å². The fourth-order valence-corrected chi connectivity index (χ4v) is 2.24. The summed E-state index contributed by atoms with van der Waals surface area (Å²) in [7, 11) is 0. The van der Waals surface area contributed by atoms with Crippen molar-refractivity contribution in [3.63, 3.8) is 0 Å². The predicted octanol–water partition coefficient (Wildman–Crippen LogP) is 4.22. The molecule has 5 nitrogen and oxygen atoms in total. The lowest BCUT2D eigenvalue weighted by molar-refractivity contribution is -0.117. The molecule has 0 unspecified atom stereocenters. The fraction of sp³-hybridized carbons (Fsp3) is 0.300. The molecule has 0 heterocycles. The van der Waals surface area contributed by atoms with Crippen molar-refractivity contribution in [3.05, 3.63) is 54.3 Å². The summed E-state index contributed by atoms with van der Waals surface area (Å²) in [6, 6.07) is 12.6. The Morgan fingerprint density at radius 3 is 2.00 bits per heavy atom. The van der Waals surface area contributed by atoms with Crippen LogP contribution in [0, 0.1) is 11.7 Å². The molecule has 2 aromatic rings. The third-order valence-corrected chi connectivity index (χ3v) is 3.46. The topological polar surface area (TPSA) is 67.4 Å². The van der Waals surface area contributed by atoms with Gasteiger partial charge >= 0.3 is 0 Å². The van der Waals surface area contributed by atoms with Crippen LogP contribution in [-0.4, -0.2) is 18.4 Å². The second-order valence-electron chi connectivity index (χ2n) is 6.32. The first-order valence-corrected chi connectivity index (χ1v) is 8.50. The number of anilines is 2. The molecule has 0 aromatic heterocycles. The van der Waals surface area contributed by atoms with E-state index in [0.717, 1.165) is 0 Å². The number of halogens is 1. The lowest BCUT2D eigenvalue weighted by atomic mass is 10.1. The van der Waals surface area contributed by atoms with Crippen LogP contribution in [0.3, 0.4) is 0 Å². The Hall–Kier alpha value is -2.89. The summed E-state index contributed by atoms with van der Waals surface area (Å²) in [5, 5.41) is 5.57. The minimum Gasteiger partial charge on any atom is -0.493 e. The largest absolute Gasteiger partial charge is 0.493 e. The quantitative estimate of drug-likeness (QED) is 0.742. The minimum absolute atomic E-state index is 0.0327. The monoisotopic (exact) mass is 358 g/mol. The van der Waals surface area contributed by atoms with E-state index < -0.39 is 0 Å². The molecule has 26 heavy (non-hydrogen) atoms. The lowest BCUT2D eigenvalue weighted by Crippen LogP contribution is -2.16. The fourth-order valence-electron chi connectivity index (χ4n) is 2.24. The Balaban J connectivity index is 1.74. The molecule has 0 saturated heterocycles. The number of carbonyl (C=O) groups is 2. The molecule has 2 rings (SSSR count). The highest BCUT2D eigenvalue weighted by molar-refractivity contribution is 5.93. The summed E-state index contributed by atoms with van der Waals surface area (Å²) in [5.41, 5.74) is 1.33. The first kappa shape index (κ1) is 19.4. The average molecular weight is 358 g/mol. The lowest BCUT2D eigenvalue weighted by Gasteiger charge is -2.09. The van der Waals surface area contributed by atoms with E-state index in [1.165, 1.54) is 24.3 Å². The van der Waals surface area contributed by atoms with E-state index in [2.05, 4.69) is 10.6 Å². The van der Waals surface area contributed by atoms with E-state index >= 15 is 0 Å². The van der Waals surface area contributed by atoms with Crippen molar-refractivity contribution < 1.29 is 18.7 Å². The molecular weight excluding hydrogens is 335 g/mol. The van der Waals surface area contributed by atoms with Crippen molar-refractivity contribution in [1.29, 1.82) is 0 Å². The highest BCUT2D eigenvalue weighted by atomic mass is 19.1. The van der Waals surface area contributed by atoms with Crippen molar-refractivity contribution in [2.24, 2.45) is 5.92 Å². The van der Waals surface area contributed by atoms with Crippen LogP contribution in [0.2, 0.25) is 0 Å². The van der Waals surface area contributed by atoms with Gasteiger partial charge in [0.2, 0.25) is 11.8 Å². The number of hydrogen-bond acceptors (Lipinski definition) is 3. The average Bonchev–Trinajstić information content (AvgIpc) is 2.58. The van der Waals surface area contributed by atoms with Crippen LogP contribution in [0.5, 0.6) is 5.75 Å². The molecule has 0 radical (unpaired) electrons. The molecule has 0 spiro atoms. The van der Waals surface area contributed by atoms with Gasteiger partial charge in [-0.25, -0.2) is 4.39 Å². The minimum atomic E-state index is -0.334. The zero-order valence-electron chi connectivity index (χ0n) is 14.9. The Kier molecular flexibility index (Phi) is 7.14. The summed E-state index contributed by atoms with van der Waals surface area (Å²) in [6.45, 7) is 4.16. The Morgan fingerprint density at radius 1 is 0.923 bits per heavy atom. The SMILES string of the molecule is CC(C)CC(=O)Nc1ccc(NC(=O)CCOc2ccc(F)cc2)cc1. The molecule has 6 heteroatoms. The maximum Gasteiger partial charge on any atom is 0.227 e. The molecule has 2 amide bonds. The maximum absolute atomic E-state index is 12.8. The van der Waals surface area contributed by atoms with Crippen molar-refractivity contribution in [1.82, 2.24) is 0 Å². The van der Waals surface area contributed by atoms with Gasteiger partial charge in [0.15, 0.2) is 0 Å². The predicted molar refractivity (Wildman–Crippen MR) is 99.7 cm³/mol. The number of rotatable bonds is 8. The first-order chi connectivity index (χ1) is 12.4. The molecule has 0 saturated carbocycles. The van der Waals surface area contributed by atoms with Gasteiger partial charge in [-0.1, -0.05) is 13.8 Å². The van der Waals surface area contributed by atoms with Gasteiger partial charge in [-0.3, -0.25) is 9.59 Å². The molecule has 0 atom stereocenters. The third-order valence-electron chi connectivity index (χ3n) is 3.46. The zero-order valence-corrected chi connectivity index (χ0v) is 14.9. The third kappa shape index (κ3) is 6.93. The second kappa shape index (κ2) is 9.56. The number of amides is 2. The molecule has 2 N–H and O–H groups in total. The highest BCUT2D eigenvalue weighted by Crippen LogP contribution is 2.15. The van der Waals surface area contributed by atoms with E-state index in [-0.39, 0.29) is 30.7 Å². The standard InChI is InChI=1S/C20H23FN2O3/c1-14(2)13-20(25)23-17-7-5-16(6-8-17)22-19(24)11-12-26-18-9-3-15(21)4-10-18/h3-10,14H,11-13H2,1-2H3,(H,22,24)(H,23,25). The number of carbonyl (C=O) groups excluding carboxylic acids is 2. The van der Waals surface area contributed by atoms with Gasteiger partial charge in [0.25, 0.3) is 0 Å². The van der Waals surface area contributed by atoms with Crippen LogP contribution < -0.4 is 15.4 Å². The number of ether oxygens (including phenoxy) is 1.